The Morgan fingerprint density at radius 2 is 1.59 bits per heavy atom. The third-order valence-corrected chi connectivity index (χ3v) is 17.3. The standard InChI is InChI=1S/C55H86NO17P/c1-33-15-12-11-13-16-34(2)45(66-7)31-40-20-18-38(6)55(64,72-40)52(61)53(62)56-22-14-17-41-42(29-39-19-21-44(47(30-39)67-8)73-74(10,65)70-26-25-69-24-23-57)46(71-54(63)48(41)56)32-43(58)35(3)28-37(5)50(60)51(68-9)49(59)36(4)27-33/h11-13,15-16,28,33,35-36,38-42,44-48,50-51,57,60,64H,14,17-27,29-32H2,1-10H3/b13-11+,15-12+,34-16+,37-28+/t33?,35?,36?,38?,39?,40-,41+,42?,44+,45-,46-,47?,48?,50?,51-,55?,74?/m0/s1. The summed E-state index contributed by atoms with van der Waals surface area (Å²) >= 11 is 0. The van der Waals surface area contributed by atoms with Crippen molar-refractivity contribution in [2.24, 2.45) is 41.4 Å². The average molecular weight is 1060 g/mol. The van der Waals surface area contributed by atoms with E-state index in [0.717, 1.165) is 5.57 Å². The summed E-state index contributed by atoms with van der Waals surface area (Å²) in [5, 5.41) is 32.6. The van der Waals surface area contributed by atoms with Gasteiger partial charge in [-0.05, 0) is 101 Å². The number of hydrogen-bond donors (Lipinski definition) is 3. The molecule has 4 aliphatic heterocycles. The van der Waals surface area contributed by atoms with Gasteiger partial charge in [0.2, 0.25) is 5.79 Å². The highest BCUT2D eigenvalue weighted by Gasteiger charge is 2.57. The lowest BCUT2D eigenvalue weighted by Gasteiger charge is -2.50. The maximum Gasteiger partial charge on any atom is 0.329 e. The summed E-state index contributed by atoms with van der Waals surface area (Å²) < 4.78 is 60.1. The number of aliphatic hydroxyl groups excluding tert-OH is 2. The van der Waals surface area contributed by atoms with Gasteiger partial charge in [-0.15, -0.1) is 0 Å². The van der Waals surface area contributed by atoms with Crippen molar-refractivity contribution in [3.05, 3.63) is 47.6 Å². The second-order valence-corrected chi connectivity index (χ2v) is 23.5. The van der Waals surface area contributed by atoms with Crippen LogP contribution in [0.1, 0.15) is 112 Å². The van der Waals surface area contributed by atoms with Crippen molar-refractivity contribution < 1.29 is 81.3 Å². The van der Waals surface area contributed by atoms with E-state index in [0.29, 0.717) is 69.8 Å². The van der Waals surface area contributed by atoms with E-state index in [-0.39, 0.29) is 62.8 Å². The molecule has 5 aliphatic rings. The maximum atomic E-state index is 14.6. The second kappa shape index (κ2) is 28.4. The minimum absolute atomic E-state index is 0.000759. The van der Waals surface area contributed by atoms with E-state index >= 15 is 0 Å². The first-order valence-corrected chi connectivity index (χ1v) is 28.7. The molecule has 4 bridgehead atoms. The third kappa shape index (κ3) is 15.9. The van der Waals surface area contributed by atoms with E-state index in [2.05, 4.69) is 0 Å². The highest BCUT2D eigenvalue weighted by atomic mass is 31.2. The lowest BCUT2D eigenvalue weighted by molar-refractivity contribution is -0.266. The smallest absolute Gasteiger partial charge is 0.329 e. The number of nitrogens with zero attached hydrogens (tertiary/aromatic N) is 1. The number of carbonyl (C=O) groups excluding carboxylic acids is 5. The van der Waals surface area contributed by atoms with Gasteiger partial charge in [0.15, 0.2) is 5.78 Å². The van der Waals surface area contributed by atoms with Crippen LogP contribution in [0.3, 0.4) is 0 Å². The number of piperidine rings is 1. The molecular weight excluding hydrogens is 978 g/mol. The molecule has 18 nitrogen and oxygen atoms in total. The number of amides is 1. The molecule has 3 saturated heterocycles. The normalized spacial score (nSPS) is 39.8. The number of esters is 1. The minimum Gasteiger partial charge on any atom is -0.460 e. The highest BCUT2D eigenvalue weighted by Crippen LogP contribution is 2.50. The molecule has 17 atom stereocenters. The number of ketones is 3. The van der Waals surface area contributed by atoms with E-state index in [1.807, 2.05) is 44.2 Å². The van der Waals surface area contributed by atoms with Crippen LogP contribution in [0.5, 0.6) is 0 Å². The number of rotatable bonds is 13. The van der Waals surface area contributed by atoms with Gasteiger partial charge in [0.1, 0.15) is 30.1 Å². The Labute approximate surface area is 438 Å². The van der Waals surface area contributed by atoms with Crippen LogP contribution in [0.2, 0.25) is 0 Å². The Balaban J connectivity index is 1.48. The number of allylic oxidation sites excluding steroid dienone is 6. The molecule has 19 heteroatoms. The molecule has 0 aromatic heterocycles. The van der Waals surface area contributed by atoms with Gasteiger partial charge in [0.25, 0.3) is 11.7 Å². The molecule has 74 heavy (non-hydrogen) atoms. The minimum atomic E-state index is -3.54. The van der Waals surface area contributed by atoms with Crippen LogP contribution in [-0.2, 0) is 66.0 Å². The van der Waals surface area contributed by atoms with E-state index < -0.39 is 109 Å². The lowest BCUT2D eigenvalue weighted by atomic mass is 9.68. The van der Waals surface area contributed by atoms with Crippen LogP contribution in [-0.4, -0.2) is 165 Å². The van der Waals surface area contributed by atoms with Gasteiger partial charge in [-0.1, -0.05) is 64.2 Å². The molecule has 0 aromatic rings. The second-order valence-electron chi connectivity index (χ2n) is 21.5. The molecule has 418 valence electrons. The molecule has 0 aromatic carbocycles. The fraction of sp³-hybridized carbons (Fsp3) is 0.764. The number of Topliss-reactive ketones (excluding diaryl/α,β-unsaturated/α-hetero) is 3. The Hall–Kier alpha value is -3.26. The summed E-state index contributed by atoms with van der Waals surface area (Å²) in [4.78, 5) is 72.9. The number of hydrogen-bond acceptors (Lipinski definition) is 17. The summed E-state index contributed by atoms with van der Waals surface area (Å²) in [6.45, 7) is 12.2. The van der Waals surface area contributed by atoms with E-state index in [1.54, 1.807) is 48.0 Å². The van der Waals surface area contributed by atoms with Crippen molar-refractivity contribution in [1.29, 1.82) is 0 Å². The average Bonchev–Trinajstić information content (AvgIpc) is 3.36. The van der Waals surface area contributed by atoms with Crippen molar-refractivity contribution in [2.75, 3.05) is 61.0 Å². The largest absolute Gasteiger partial charge is 0.460 e. The first kappa shape index (κ1) is 61.6. The van der Waals surface area contributed by atoms with Crippen LogP contribution in [0.25, 0.3) is 0 Å². The molecule has 11 unspecified atom stereocenters. The topological polar surface area (TPSA) is 240 Å². The van der Waals surface area contributed by atoms with Gasteiger partial charge < -0.3 is 57.7 Å². The molecule has 3 N–H and O–H groups in total. The summed E-state index contributed by atoms with van der Waals surface area (Å²) in [6.07, 6.45) is 9.89. The van der Waals surface area contributed by atoms with Crippen molar-refractivity contribution in [2.45, 2.75) is 167 Å². The summed E-state index contributed by atoms with van der Waals surface area (Å²) in [6, 6.07) is -1.19. The molecule has 5 rings (SSSR count). The zero-order valence-corrected chi connectivity index (χ0v) is 46.3. The van der Waals surface area contributed by atoms with Crippen LogP contribution in [0.15, 0.2) is 47.6 Å². The molecule has 1 amide bonds. The SMILES string of the molecule is COC1CC(CC2[C@H]3CCCN4C(=O)C(=O)C5(O)O[C@@H](CCC5C)C[C@H](OC)/C(C)=C/C=C/C=C/C(C)CC(C)C(=O)[C@H](OC)C(O)/C(C)=C/C(C)C(=O)C[C@@H]2OC(=O)C34)CC[C@H]1OP(C)(=O)OCCOCCO. The number of aliphatic hydroxyl groups is 3. The molecular formula is C55H86NO17P. The molecule has 0 radical (unpaired) electrons. The highest BCUT2D eigenvalue weighted by molar-refractivity contribution is 7.53. The summed E-state index contributed by atoms with van der Waals surface area (Å²) in [5.74, 6) is -9.05. The zero-order valence-electron chi connectivity index (χ0n) is 45.4. The van der Waals surface area contributed by atoms with Crippen molar-refractivity contribution in [3.63, 3.8) is 0 Å². The zero-order chi connectivity index (χ0) is 54.5. The Morgan fingerprint density at radius 1 is 0.851 bits per heavy atom. The van der Waals surface area contributed by atoms with Crippen LogP contribution >= 0.6 is 7.60 Å². The molecule has 4 fully saturated rings. The van der Waals surface area contributed by atoms with Crippen molar-refractivity contribution in [1.82, 2.24) is 4.90 Å². The first-order chi connectivity index (χ1) is 35.1. The van der Waals surface area contributed by atoms with Crippen LogP contribution < -0.4 is 0 Å². The number of methoxy groups -OCH3 is 3. The number of carbonyl (C=O) groups is 5. The van der Waals surface area contributed by atoms with Crippen molar-refractivity contribution >= 4 is 36.8 Å². The maximum absolute atomic E-state index is 14.6. The third-order valence-electron chi connectivity index (χ3n) is 16.0. The fourth-order valence-electron chi connectivity index (χ4n) is 11.7. The number of fused-ring (bicyclic) bond motifs is 4. The lowest BCUT2D eigenvalue weighted by Crippen LogP contribution is -2.65. The Kier molecular flexibility index (Phi) is 23.6. The molecule has 0 spiro atoms. The van der Waals surface area contributed by atoms with Crippen LogP contribution in [0.4, 0.5) is 0 Å². The molecule has 1 saturated carbocycles. The quantitative estimate of drug-likeness (QED) is 0.0605. The molecule has 1 aliphatic carbocycles. The van der Waals surface area contributed by atoms with Crippen LogP contribution in [0, 0.1) is 41.4 Å². The predicted molar refractivity (Wildman–Crippen MR) is 275 cm³/mol. The summed E-state index contributed by atoms with van der Waals surface area (Å²) in [5.41, 5.74) is 1.23. The van der Waals surface area contributed by atoms with E-state index in [9.17, 15) is 38.8 Å². The van der Waals surface area contributed by atoms with Gasteiger partial charge in [-0.2, -0.15) is 0 Å². The Morgan fingerprint density at radius 3 is 2.28 bits per heavy atom. The van der Waals surface area contributed by atoms with E-state index in [1.165, 1.54) is 18.7 Å². The van der Waals surface area contributed by atoms with Gasteiger partial charge in [0.05, 0.1) is 50.8 Å². The van der Waals surface area contributed by atoms with Gasteiger partial charge in [-0.3, -0.25) is 23.7 Å². The van der Waals surface area contributed by atoms with Gasteiger partial charge >= 0.3 is 13.6 Å². The number of ether oxygens (including phenoxy) is 6. The Bertz CT molecular complexity index is 2090. The predicted octanol–water partition coefficient (Wildman–Crippen LogP) is 6.27. The monoisotopic (exact) mass is 1060 g/mol. The van der Waals surface area contributed by atoms with Gasteiger partial charge in [-0.25, -0.2) is 4.79 Å². The van der Waals surface area contributed by atoms with Gasteiger partial charge in [0, 0.05) is 71.1 Å². The first-order valence-electron chi connectivity index (χ1n) is 26.7. The van der Waals surface area contributed by atoms with E-state index in [4.69, 9.17) is 42.6 Å². The molecule has 4 heterocycles. The summed E-state index contributed by atoms with van der Waals surface area (Å²) in [7, 11) is 0.945. The fourth-order valence-corrected chi connectivity index (χ4v) is 12.9. The van der Waals surface area contributed by atoms with Crippen molar-refractivity contribution in [3.8, 4) is 0 Å².